The molecule has 0 atom stereocenters. The first-order valence-electron chi connectivity index (χ1n) is 25.8. The van der Waals surface area contributed by atoms with Gasteiger partial charge in [0.15, 0.2) is 0 Å². The van der Waals surface area contributed by atoms with Crippen molar-refractivity contribution < 1.29 is 22.6 Å². The molecule has 0 bridgehead atoms. The molecule has 2 aliphatic heterocycles. The molecule has 19 nitrogen and oxygen atoms in total. The number of amides is 2. The van der Waals surface area contributed by atoms with Crippen LogP contribution in [0.4, 0.5) is 34.6 Å². The maximum absolute atomic E-state index is 12.9. The Labute approximate surface area is 462 Å². The number of hydrogen-bond acceptors (Lipinski definition) is 16. The molecular weight excluding hydrogens is 1020 g/mol. The predicted octanol–water partition coefficient (Wildman–Crippen LogP) is 8.68. The Morgan fingerprint density at radius 3 is 1.27 bits per heavy atom. The highest BCUT2D eigenvalue weighted by Crippen LogP contribution is 2.27. The molecule has 0 saturated carbocycles. The van der Waals surface area contributed by atoms with Crippen molar-refractivity contribution in [1.82, 2.24) is 49.5 Å². The van der Waals surface area contributed by atoms with Crippen LogP contribution < -0.4 is 21.3 Å². The second kappa shape index (κ2) is 27.3. The average Bonchev–Trinajstić information content (AvgIpc) is 3.46. The number of carbonyl (C=O) groups excluding carboxylic acids is 2. The van der Waals surface area contributed by atoms with Gasteiger partial charge in [-0.25, -0.2) is 19.9 Å². The van der Waals surface area contributed by atoms with Crippen molar-refractivity contribution in [2.75, 3.05) is 94.0 Å². The quantitative estimate of drug-likeness (QED) is 0.0642. The fourth-order valence-electron chi connectivity index (χ4n) is 8.56. The molecule has 0 radical (unpaired) electrons. The molecule has 2 aliphatic rings. The van der Waals surface area contributed by atoms with Crippen molar-refractivity contribution in [2.24, 2.45) is 0 Å². The molecule has 0 unspecified atom stereocenters. The Bertz CT molecular complexity index is 3180. The normalized spacial score (nSPS) is 14.2. The van der Waals surface area contributed by atoms with Crippen LogP contribution in [0.1, 0.15) is 43.0 Å². The summed E-state index contributed by atoms with van der Waals surface area (Å²) in [6.45, 7) is 14.5. The van der Waals surface area contributed by atoms with E-state index in [1.54, 1.807) is 37.2 Å². The topological polar surface area (TPSA) is 227 Å². The van der Waals surface area contributed by atoms with Gasteiger partial charge in [-0.15, -0.1) is 0 Å². The number of aryl methyl sites for hydroxylation is 2. The molecule has 4 aromatic heterocycles. The molecule has 4 aromatic carbocycles. The monoisotopic (exact) mass is 1080 g/mol. The predicted molar refractivity (Wildman–Crippen MR) is 311 cm³/mol. The standard InChI is InChI=1S/2C29H31N7O.CH4O3S/c2*1-21-5-10-25(18-27(21)34-29-31-13-11-26(33-29)24-4-3-12-30-19-24)32-28(37)23-8-6-22(7-9-23)20-36-16-14-35(2)15-17-36;1-5(2,3)4/h2*3-13,18-19H,14-17,20H2,1-2H3,(H,32,37)(H,31,33,34);1H3,(H,2,3,4). The summed E-state index contributed by atoms with van der Waals surface area (Å²) >= 11 is 0. The number of nitrogens with one attached hydrogen (secondary N) is 4. The van der Waals surface area contributed by atoms with Crippen molar-refractivity contribution in [3.63, 3.8) is 0 Å². The number of rotatable bonds is 14. The van der Waals surface area contributed by atoms with Gasteiger partial charge in [-0.05, 0) is 135 Å². The number of nitrogens with zero attached hydrogens (tertiary/aromatic N) is 10. The van der Waals surface area contributed by atoms with E-state index in [1.807, 2.05) is 135 Å². The number of pyridine rings is 2. The first kappa shape index (κ1) is 56.8. The molecule has 0 spiro atoms. The molecule has 6 heterocycles. The number of likely N-dealkylation sites (N-methyl/N-ethyl adjacent to an activating group) is 2. The van der Waals surface area contributed by atoms with Gasteiger partial charge in [0.1, 0.15) is 0 Å². The lowest BCUT2D eigenvalue weighted by Crippen LogP contribution is -2.43. The Balaban J connectivity index is 0.000000192. The third-order valence-corrected chi connectivity index (χ3v) is 13.1. The minimum atomic E-state index is -3.67. The van der Waals surface area contributed by atoms with Gasteiger partial charge in [-0.1, -0.05) is 36.4 Å². The fourth-order valence-corrected chi connectivity index (χ4v) is 8.56. The Morgan fingerprint density at radius 2 is 0.911 bits per heavy atom. The van der Waals surface area contributed by atoms with E-state index in [9.17, 15) is 18.0 Å². The highest BCUT2D eigenvalue weighted by molar-refractivity contribution is 7.85. The summed E-state index contributed by atoms with van der Waals surface area (Å²) in [5.74, 6) is 0.666. The van der Waals surface area contributed by atoms with Crippen LogP contribution in [0.3, 0.4) is 0 Å². The van der Waals surface area contributed by atoms with E-state index in [0.29, 0.717) is 40.7 Å². The van der Waals surface area contributed by atoms with E-state index >= 15 is 0 Å². The van der Waals surface area contributed by atoms with Gasteiger partial charge in [-0.2, -0.15) is 8.42 Å². The number of carbonyl (C=O) groups is 2. The lowest BCUT2D eigenvalue weighted by atomic mass is 10.1. The lowest BCUT2D eigenvalue weighted by molar-refractivity contribution is 0.101. The van der Waals surface area contributed by atoms with Gasteiger partial charge >= 0.3 is 0 Å². The molecule has 408 valence electrons. The number of hydrogen-bond donors (Lipinski definition) is 5. The molecule has 0 aliphatic carbocycles. The third kappa shape index (κ3) is 17.8. The van der Waals surface area contributed by atoms with Gasteiger partial charge in [0.2, 0.25) is 11.9 Å². The molecule has 79 heavy (non-hydrogen) atoms. The van der Waals surface area contributed by atoms with Crippen LogP contribution in [0.5, 0.6) is 0 Å². The average molecular weight is 1080 g/mol. The van der Waals surface area contributed by atoms with Gasteiger partial charge < -0.3 is 31.1 Å². The number of aromatic nitrogens is 6. The van der Waals surface area contributed by atoms with Crippen LogP contribution in [0.2, 0.25) is 0 Å². The summed E-state index contributed by atoms with van der Waals surface area (Å²) in [7, 11) is 0.653. The number of anilines is 6. The van der Waals surface area contributed by atoms with E-state index < -0.39 is 10.1 Å². The third-order valence-electron chi connectivity index (χ3n) is 13.1. The summed E-state index contributed by atoms with van der Waals surface area (Å²) in [5, 5.41) is 12.6. The van der Waals surface area contributed by atoms with Crippen molar-refractivity contribution in [2.45, 2.75) is 26.9 Å². The second-order valence-electron chi connectivity index (χ2n) is 19.5. The largest absolute Gasteiger partial charge is 0.324 e. The van der Waals surface area contributed by atoms with Crippen molar-refractivity contribution in [3.05, 3.63) is 192 Å². The van der Waals surface area contributed by atoms with Crippen LogP contribution in [0.15, 0.2) is 159 Å². The highest BCUT2D eigenvalue weighted by Gasteiger charge is 2.17. The van der Waals surface area contributed by atoms with E-state index in [4.69, 9.17) is 4.55 Å². The van der Waals surface area contributed by atoms with Gasteiger partial charge in [0.25, 0.3) is 21.9 Å². The minimum absolute atomic E-state index is 0.143. The highest BCUT2D eigenvalue weighted by atomic mass is 32.2. The number of piperazine rings is 2. The first-order valence-corrected chi connectivity index (χ1v) is 27.7. The summed E-state index contributed by atoms with van der Waals surface area (Å²) < 4.78 is 25.9. The summed E-state index contributed by atoms with van der Waals surface area (Å²) in [5.41, 5.74) is 12.2. The van der Waals surface area contributed by atoms with Crippen molar-refractivity contribution >= 4 is 56.6 Å². The molecule has 2 amide bonds. The molecule has 2 fully saturated rings. The first-order chi connectivity index (χ1) is 38.1. The molecule has 5 N–H and O–H groups in total. The Morgan fingerprint density at radius 1 is 0.532 bits per heavy atom. The summed E-state index contributed by atoms with van der Waals surface area (Å²) in [4.78, 5) is 61.7. The zero-order valence-electron chi connectivity index (χ0n) is 45.0. The van der Waals surface area contributed by atoms with Crippen molar-refractivity contribution in [3.8, 4) is 22.5 Å². The smallest absolute Gasteiger partial charge is 0.261 e. The maximum Gasteiger partial charge on any atom is 0.261 e. The second-order valence-corrected chi connectivity index (χ2v) is 21.0. The maximum atomic E-state index is 12.9. The van der Waals surface area contributed by atoms with Crippen molar-refractivity contribution in [1.29, 1.82) is 0 Å². The zero-order chi connectivity index (χ0) is 55.7. The van der Waals surface area contributed by atoms with E-state index in [0.717, 1.165) is 110 Å². The number of benzene rings is 4. The molecular formula is C59H66N14O5S. The Kier molecular flexibility index (Phi) is 19.6. The van der Waals surface area contributed by atoms with Crippen LogP contribution in [-0.2, 0) is 23.2 Å². The Hall–Kier alpha value is -8.37. The summed E-state index contributed by atoms with van der Waals surface area (Å²) in [6.07, 6.45) is 11.1. The SMILES string of the molecule is CS(=O)(=O)O.Cc1ccc(NC(=O)c2ccc(CN3CCN(C)CC3)cc2)cc1Nc1nccc(-c2cccnc2)n1.Cc1ccc(NC(=O)c2ccc(CN3CCN(C)CC3)cc2)cc1Nc1nccc(-c2cccnc2)n1. The van der Waals surface area contributed by atoms with E-state index in [1.165, 1.54) is 11.1 Å². The fraction of sp³-hybridized carbons (Fsp3) is 0.254. The molecule has 20 heteroatoms. The lowest BCUT2D eigenvalue weighted by Gasteiger charge is -2.32. The van der Waals surface area contributed by atoms with Crippen LogP contribution in [0.25, 0.3) is 22.5 Å². The van der Waals surface area contributed by atoms with Gasteiger partial charge in [0.05, 0.1) is 17.6 Å². The summed E-state index contributed by atoms with van der Waals surface area (Å²) in [6, 6.07) is 38.6. The van der Waals surface area contributed by atoms with Crippen LogP contribution in [0, 0.1) is 13.8 Å². The van der Waals surface area contributed by atoms with Crippen LogP contribution >= 0.6 is 0 Å². The van der Waals surface area contributed by atoms with E-state index in [2.05, 4.69) is 84.9 Å². The van der Waals surface area contributed by atoms with Crippen LogP contribution in [-0.4, -0.2) is 147 Å². The zero-order valence-corrected chi connectivity index (χ0v) is 45.9. The molecule has 10 rings (SSSR count). The van der Waals surface area contributed by atoms with Gasteiger partial charge in [-0.3, -0.25) is 33.9 Å². The molecule has 2 saturated heterocycles. The molecule has 8 aromatic rings. The van der Waals surface area contributed by atoms with Gasteiger partial charge in [0, 0.05) is 148 Å². The van der Waals surface area contributed by atoms with E-state index in [-0.39, 0.29) is 11.8 Å². The minimum Gasteiger partial charge on any atom is -0.324 e.